The Bertz CT molecular complexity index is 460. The van der Waals surface area contributed by atoms with Crippen molar-refractivity contribution in [2.75, 3.05) is 16.6 Å². The second-order valence-electron chi connectivity index (χ2n) is 4.72. The summed E-state index contributed by atoms with van der Waals surface area (Å²) in [6.45, 7) is 7.16. The highest BCUT2D eigenvalue weighted by molar-refractivity contribution is 8.00. The fourth-order valence-electron chi connectivity index (χ4n) is 1.70. The van der Waals surface area contributed by atoms with Crippen LogP contribution in [0.2, 0.25) is 5.02 Å². The van der Waals surface area contributed by atoms with Crippen LogP contribution in [-0.4, -0.2) is 28.8 Å². The van der Waals surface area contributed by atoms with Crippen LogP contribution in [-0.2, 0) is 0 Å². The zero-order valence-electron chi connectivity index (χ0n) is 12.8. The number of anilines is 1. The van der Waals surface area contributed by atoms with Crippen molar-refractivity contribution in [1.82, 2.24) is 0 Å². The van der Waals surface area contributed by atoms with E-state index in [-0.39, 0.29) is 11.0 Å². The van der Waals surface area contributed by atoms with E-state index in [1.807, 2.05) is 13.0 Å². The Morgan fingerprint density at radius 1 is 1.38 bits per heavy atom. The molecular formula is C15H24ClNO3S. The zero-order chi connectivity index (χ0) is 15.1. The molecule has 3 N–H and O–H groups in total. The van der Waals surface area contributed by atoms with Gasteiger partial charge in [-0.3, -0.25) is 0 Å². The number of aromatic carboxylic acids is 1. The van der Waals surface area contributed by atoms with Gasteiger partial charge >= 0.3 is 5.97 Å². The summed E-state index contributed by atoms with van der Waals surface area (Å²) in [4.78, 5) is 11.0. The number of carboxylic acid groups (broad SMARTS) is 1. The van der Waals surface area contributed by atoms with E-state index in [0.717, 1.165) is 30.0 Å². The standard InChI is InChI=1S/C11H12ClNO2S.C4H10.H2O/c1-7-5-8(13-3-2-4-16-13)6-9(10(7)12)11(14)15;1-3-4-2;/h5-6H,2-4H2,1H3,(H,14,15);3-4H2,1-2H3;1H2. The summed E-state index contributed by atoms with van der Waals surface area (Å²) in [5.41, 5.74) is 1.93. The number of aryl methyl sites for hydroxylation is 1. The van der Waals surface area contributed by atoms with Crippen molar-refractivity contribution in [1.29, 1.82) is 0 Å². The molecule has 0 aromatic heterocycles. The second-order valence-corrected chi connectivity index (χ2v) is 6.20. The van der Waals surface area contributed by atoms with Crippen LogP contribution in [0, 0.1) is 6.92 Å². The molecule has 1 aliphatic heterocycles. The van der Waals surface area contributed by atoms with Gasteiger partial charge in [-0.15, -0.1) is 0 Å². The molecule has 6 heteroatoms. The topological polar surface area (TPSA) is 72.0 Å². The molecule has 0 spiro atoms. The minimum atomic E-state index is -0.973. The molecule has 21 heavy (non-hydrogen) atoms. The molecule has 0 atom stereocenters. The van der Waals surface area contributed by atoms with E-state index >= 15 is 0 Å². The average Bonchev–Trinajstić information content (AvgIpc) is 2.95. The van der Waals surface area contributed by atoms with Crippen molar-refractivity contribution in [3.63, 3.8) is 0 Å². The lowest BCUT2D eigenvalue weighted by atomic mass is 10.1. The largest absolute Gasteiger partial charge is 0.478 e. The van der Waals surface area contributed by atoms with Gasteiger partial charge in [0, 0.05) is 18.0 Å². The fourth-order valence-corrected chi connectivity index (χ4v) is 2.88. The van der Waals surface area contributed by atoms with Crippen molar-refractivity contribution in [2.45, 2.75) is 40.0 Å². The molecule has 0 saturated carbocycles. The molecule has 1 fully saturated rings. The molecule has 0 amide bonds. The predicted molar refractivity (Wildman–Crippen MR) is 91.8 cm³/mol. The van der Waals surface area contributed by atoms with Crippen LogP contribution in [0.3, 0.4) is 0 Å². The lowest BCUT2D eigenvalue weighted by Crippen LogP contribution is -2.10. The molecule has 1 aromatic carbocycles. The molecule has 1 aliphatic rings. The number of carboxylic acids is 1. The van der Waals surface area contributed by atoms with Crippen molar-refractivity contribution in [2.24, 2.45) is 0 Å². The van der Waals surface area contributed by atoms with E-state index < -0.39 is 5.97 Å². The smallest absolute Gasteiger partial charge is 0.337 e. The predicted octanol–water partition coefficient (Wildman–Crippen LogP) is 4.19. The van der Waals surface area contributed by atoms with E-state index in [0.29, 0.717) is 5.02 Å². The van der Waals surface area contributed by atoms with Crippen LogP contribution >= 0.6 is 23.5 Å². The molecule has 1 aromatic rings. The molecule has 0 radical (unpaired) electrons. The molecular weight excluding hydrogens is 310 g/mol. The van der Waals surface area contributed by atoms with Crippen molar-refractivity contribution < 1.29 is 15.4 Å². The van der Waals surface area contributed by atoms with Gasteiger partial charge in [-0.2, -0.15) is 0 Å². The lowest BCUT2D eigenvalue weighted by Gasteiger charge is -2.18. The first kappa shape index (κ1) is 20.1. The van der Waals surface area contributed by atoms with Crippen molar-refractivity contribution in [3.8, 4) is 0 Å². The lowest BCUT2D eigenvalue weighted by molar-refractivity contribution is 0.0697. The third-order valence-electron chi connectivity index (χ3n) is 3.01. The Kier molecular flexibility index (Phi) is 9.49. The number of hydrogen-bond acceptors (Lipinski definition) is 3. The number of hydrogen-bond donors (Lipinski definition) is 1. The number of unbranched alkanes of at least 4 members (excludes halogenated alkanes) is 1. The van der Waals surface area contributed by atoms with E-state index in [2.05, 4.69) is 18.2 Å². The average molecular weight is 334 g/mol. The van der Waals surface area contributed by atoms with E-state index in [9.17, 15) is 4.79 Å². The monoisotopic (exact) mass is 333 g/mol. The second kappa shape index (κ2) is 9.92. The maximum Gasteiger partial charge on any atom is 0.337 e. The van der Waals surface area contributed by atoms with Crippen LogP contribution in [0.5, 0.6) is 0 Å². The summed E-state index contributed by atoms with van der Waals surface area (Å²) in [7, 11) is 0. The fraction of sp³-hybridized carbons (Fsp3) is 0.533. The van der Waals surface area contributed by atoms with E-state index in [4.69, 9.17) is 16.7 Å². The third kappa shape index (κ3) is 5.77. The first-order valence-corrected chi connectivity index (χ1v) is 8.27. The van der Waals surface area contributed by atoms with Gasteiger partial charge < -0.3 is 14.9 Å². The van der Waals surface area contributed by atoms with Gasteiger partial charge in [-0.05, 0) is 43.0 Å². The molecule has 4 nitrogen and oxygen atoms in total. The van der Waals surface area contributed by atoms with Crippen molar-refractivity contribution >= 4 is 35.2 Å². The summed E-state index contributed by atoms with van der Waals surface area (Å²) >= 11 is 7.69. The number of halogens is 1. The first-order valence-electron chi connectivity index (χ1n) is 6.95. The molecule has 1 heterocycles. The van der Waals surface area contributed by atoms with Gasteiger partial charge in [0.05, 0.1) is 10.6 Å². The summed E-state index contributed by atoms with van der Waals surface area (Å²) in [5, 5.41) is 9.38. The maximum atomic E-state index is 11.0. The molecule has 0 aliphatic carbocycles. The maximum absolute atomic E-state index is 11.0. The van der Waals surface area contributed by atoms with Crippen LogP contribution in [0.1, 0.15) is 49.0 Å². The highest BCUT2D eigenvalue weighted by atomic mass is 35.5. The minimum Gasteiger partial charge on any atom is -0.478 e. The molecule has 1 saturated heterocycles. The Morgan fingerprint density at radius 3 is 2.43 bits per heavy atom. The van der Waals surface area contributed by atoms with Gasteiger partial charge in [0.25, 0.3) is 0 Å². The number of benzene rings is 1. The third-order valence-corrected chi connectivity index (χ3v) is 4.69. The number of rotatable bonds is 3. The summed E-state index contributed by atoms with van der Waals surface area (Å²) in [5.74, 6) is 0.114. The number of carbonyl (C=O) groups is 1. The highest BCUT2D eigenvalue weighted by Crippen LogP contribution is 2.33. The molecule has 0 unspecified atom stereocenters. The Labute approximate surface area is 135 Å². The van der Waals surface area contributed by atoms with Crippen molar-refractivity contribution in [3.05, 3.63) is 28.3 Å². The summed E-state index contributed by atoms with van der Waals surface area (Å²) in [6.07, 6.45) is 3.77. The van der Waals surface area contributed by atoms with Crippen LogP contribution < -0.4 is 4.31 Å². The van der Waals surface area contributed by atoms with Gasteiger partial charge in [0.15, 0.2) is 0 Å². The molecule has 120 valence electrons. The SMILES string of the molecule is CCCC.Cc1cc(N2CCCS2)cc(C(=O)O)c1Cl.O. The summed E-state index contributed by atoms with van der Waals surface area (Å²) in [6, 6.07) is 3.59. The van der Waals surface area contributed by atoms with E-state index in [1.54, 1.807) is 18.0 Å². The van der Waals surface area contributed by atoms with Gasteiger partial charge in [0.2, 0.25) is 0 Å². The normalized spacial score (nSPS) is 13.2. The molecule has 2 rings (SSSR count). The first-order chi connectivity index (χ1) is 9.51. The highest BCUT2D eigenvalue weighted by Gasteiger charge is 2.18. The van der Waals surface area contributed by atoms with Crippen LogP contribution in [0.4, 0.5) is 5.69 Å². The van der Waals surface area contributed by atoms with Gasteiger partial charge in [-0.1, -0.05) is 38.3 Å². The Morgan fingerprint density at radius 2 is 2.00 bits per heavy atom. The zero-order valence-corrected chi connectivity index (χ0v) is 14.4. The number of nitrogens with zero attached hydrogens (tertiary/aromatic N) is 1. The Hall–Kier alpha value is -0.910. The van der Waals surface area contributed by atoms with Gasteiger partial charge in [-0.25, -0.2) is 4.79 Å². The summed E-state index contributed by atoms with van der Waals surface area (Å²) < 4.78 is 2.12. The Balaban J connectivity index is 0.000000715. The quantitative estimate of drug-likeness (QED) is 0.842. The van der Waals surface area contributed by atoms with Gasteiger partial charge in [0.1, 0.15) is 0 Å². The minimum absolute atomic E-state index is 0. The van der Waals surface area contributed by atoms with Crippen LogP contribution in [0.25, 0.3) is 0 Å². The molecule has 0 bridgehead atoms. The van der Waals surface area contributed by atoms with Crippen LogP contribution in [0.15, 0.2) is 12.1 Å². The van der Waals surface area contributed by atoms with E-state index in [1.165, 1.54) is 12.8 Å².